The smallest absolute Gasteiger partial charge is 0.326 e. The number of nitrogens with zero attached hydrogens (tertiary/aromatic N) is 3. The largest absolute Gasteiger partial charge is 0.508 e. The lowest BCUT2D eigenvalue weighted by Gasteiger charge is -2.34. The molecule has 50 heteroatoms. The molecular formula is C85H144N26O22S2. The van der Waals surface area contributed by atoms with E-state index in [1.165, 1.54) is 69.3 Å². The molecule has 1 fully saturated rings. The van der Waals surface area contributed by atoms with Crippen molar-refractivity contribution in [3.63, 3.8) is 0 Å². The van der Waals surface area contributed by atoms with Crippen molar-refractivity contribution in [2.24, 2.45) is 79.3 Å². The molecule has 3 rings (SSSR count). The minimum Gasteiger partial charge on any atom is -0.508 e. The second-order valence-electron chi connectivity index (χ2n) is 34.3. The van der Waals surface area contributed by atoms with Crippen molar-refractivity contribution in [1.82, 2.24) is 79.3 Å². The molecule has 0 unspecified atom stereocenters. The Kier molecular flexibility index (Phi) is 51.2. The summed E-state index contributed by atoms with van der Waals surface area (Å²) in [6.07, 6.45) is -6.24. The van der Waals surface area contributed by atoms with Gasteiger partial charge in [0.25, 0.3) is 0 Å². The van der Waals surface area contributed by atoms with Gasteiger partial charge < -0.3 is 162 Å². The van der Waals surface area contributed by atoms with E-state index in [-0.39, 0.29) is 165 Å². The number of phenols is 2. The third-order valence-electron chi connectivity index (χ3n) is 22.4. The van der Waals surface area contributed by atoms with E-state index in [9.17, 15) is 107 Å². The lowest BCUT2D eigenvalue weighted by atomic mass is 9.95. The van der Waals surface area contributed by atoms with Gasteiger partial charge in [-0.2, -0.15) is 25.3 Å². The number of carbonyl (C=O) groups is 16. The van der Waals surface area contributed by atoms with E-state index < -0.39 is 232 Å². The number of aliphatic hydroxyl groups is 3. The first kappa shape index (κ1) is 118. The Morgan fingerprint density at radius 1 is 0.437 bits per heavy atom. The van der Waals surface area contributed by atoms with Crippen molar-refractivity contribution in [2.75, 3.05) is 51.6 Å². The predicted octanol–water partition coefficient (Wildman–Crippen LogP) is -8.92. The molecule has 0 radical (unpaired) electrons. The van der Waals surface area contributed by atoms with Crippen LogP contribution in [0, 0.1) is 17.8 Å². The van der Waals surface area contributed by atoms with E-state index in [2.05, 4.69) is 110 Å². The number of β-amino-alcohol motifs (C(OH)–C–C–N with tert-alkyl or cyclic N) is 1. The Hall–Kier alpha value is -11.5. The van der Waals surface area contributed by atoms with Crippen molar-refractivity contribution in [1.29, 1.82) is 0 Å². The van der Waals surface area contributed by atoms with Crippen LogP contribution in [-0.2, 0) is 89.6 Å². The molecule has 2 aromatic rings. The molecule has 0 aliphatic carbocycles. The van der Waals surface area contributed by atoms with Crippen LogP contribution in [0.5, 0.6) is 11.5 Å². The number of aliphatic imine (C=N–C) groups is 2. The van der Waals surface area contributed by atoms with E-state index in [4.69, 9.17) is 51.6 Å². The number of carboxylic acids is 1. The number of carboxylic acid groups (broad SMARTS) is 1. The summed E-state index contributed by atoms with van der Waals surface area (Å²) in [6, 6.07) is -13.8. The van der Waals surface area contributed by atoms with Crippen molar-refractivity contribution in [2.45, 2.75) is 279 Å². The second kappa shape index (κ2) is 58.7. The van der Waals surface area contributed by atoms with E-state index in [0.29, 0.717) is 11.1 Å². The van der Waals surface area contributed by atoms with Gasteiger partial charge in [0.1, 0.15) is 102 Å². The number of thiol groups is 2. The van der Waals surface area contributed by atoms with Crippen LogP contribution in [0.2, 0.25) is 0 Å². The molecule has 21 atom stereocenters. The molecule has 1 aliphatic rings. The highest BCUT2D eigenvalue weighted by Gasteiger charge is 2.46. The van der Waals surface area contributed by atoms with Gasteiger partial charge in [-0.25, -0.2) is 4.79 Å². The highest BCUT2D eigenvalue weighted by Crippen LogP contribution is 2.25. The third kappa shape index (κ3) is 39.8. The number of phenolic OH excluding ortho intramolecular Hbond substituents is 2. The minimum atomic E-state index is -1.93. The SMILES string of the molecule is CC[C@H](C)[C@H](NC(=O)[C@@H](NC(=O)[C@H](Cc1ccc(O)cc1)NC(=O)[C@@H](NC(=O)[C@@H](NC(=O)[C@@H]1C[C@@H](O)CN1C(=O)[C@@H](N)C(C)C)[C@@H](C)CC)[C@@H](C)O)C(C)(C)S)C(=O)N[C@@H](CCCN=C(N)N)C(=O)N[C@@H](CCN)C(=O)N[C@H](C(=O)N[C@H](CCN)C(=O)N[C@@H](CCCN)C(=O)N[C@@H](CS)C(=O)N[C@@H](CCN)C(=O)N[C@@H](CCCN=C(N)N)C(=O)N[C@@H](Cc1ccc(O)cc1)C(=O)O)[C@@H](C)O. The summed E-state index contributed by atoms with van der Waals surface area (Å²) in [6.45, 7) is 14.0. The molecule has 15 amide bonds. The molecule has 1 aliphatic heterocycles. The van der Waals surface area contributed by atoms with E-state index >= 15 is 0 Å². The zero-order valence-corrected chi connectivity index (χ0v) is 79.8. The van der Waals surface area contributed by atoms with Gasteiger partial charge >= 0.3 is 5.97 Å². The lowest BCUT2D eigenvalue weighted by Crippen LogP contribution is -2.65. The summed E-state index contributed by atoms with van der Waals surface area (Å²) in [5.41, 5.74) is 52.8. The molecule has 0 saturated carbocycles. The van der Waals surface area contributed by atoms with Gasteiger partial charge in [0.2, 0.25) is 88.6 Å². The molecule has 0 spiro atoms. The number of nitrogens with two attached hydrogens (primary N) is 9. The number of aliphatic carboxylic acids is 1. The first-order chi connectivity index (χ1) is 63.4. The summed E-state index contributed by atoms with van der Waals surface area (Å²) in [5, 5.41) is 98.3. The number of nitrogens with one attached hydrogen (secondary N) is 14. The number of aromatic hydroxyl groups is 2. The number of hydrogen-bond donors (Lipinski definition) is 31. The van der Waals surface area contributed by atoms with Crippen molar-refractivity contribution >= 4 is 132 Å². The van der Waals surface area contributed by atoms with Gasteiger partial charge in [-0.3, -0.25) is 81.9 Å². The molecule has 48 nitrogen and oxygen atoms in total. The van der Waals surface area contributed by atoms with Crippen LogP contribution >= 0.6 is 25.3 Å². The molecular weight excluding hydrogens is 1800 g/mol. The highest BCUT2D eigenvalue weighted by molar-refractivity contribution is 7.81. The monoisotopic (exact) mass is 1950 g/mol. The molecule has 135 heavy (non-hydrogen) atoms. The number of rotatable bonds is 60. The summed E-state index contributed by atoms with van der Waals surface area (Å²) in [5.74, 6) is -19.3. The van der Waals surface area contributed by atoms with E-state index in [0.717, 1.165) is 11.8 Å². The number of aliphatic hydroxyl groups excluding tert-OH is 3. The molecule has 2 aromatic carbocycles. The van der Waals surface area contributed by atoms with Crippen LogP contribution in [0.25, 0.3) is 0 Å². The normalized spacial score (nSPS) is 17.3. The predicted molar refractivity (Wildman–Crippen MR) is 506 cm³/mol. The average Bonchev–Trinajstić information content (AvgIpc) is 1.66. The molecule has 1 heterocycles. The Morgan fingerprint density at radius 2 is 0.756 bits per heavy atom. The first-order valence-electron chi connectivity index (χ1n) is 44.8. The lowest BCUT2D eigenvalue weighted by molar-refractivity contribution is -0.142. The zero-order chi connectivity index (χ0) is 102. The van der Waals surface area contributed by atoms with Gasteiger partial charge in [-0.05, 0) is 165 Å². The van der Waals surface area contributed by atoms with Crippen LogP contribution < -0.4 is 126 Å². The quantitative estimate of drug-likeness (QED) is 0.0127. The van der Waals surface area contributed by atoms with Crippen LogP contribution in [0.4, 0.5) is 0 Å². The Labute approximate surface area is 795 Å². The average molecular weight is 1950 g/mol. The fraction of sp³-hybridized carbons (Fsp3) is 0.647. The maximum Gasteiger partial charge on any atom is 0.326 e. The topological polar surface area (TPSA) is 825 Å². The van der Waals surface area contributed by atoms with Gasteiger partial charge in [0.05, 0.1) is 24.4 Å². The fourth-order valence-electron chi connectivity index (χ4n) is 14.0. The number of guanidine groups is 2. The van der Waals surface area contributed by atoms with Crippen molar-refractivity contribution in [3.05, 3.63) is 59.7 Å². The van der Waals surface area contributed by atoms with Crippen LogP contribution in [0.15, 0.2) is 58.5 Å². The number of benzene rings is 2. The zero-order valence-electron chi connectivity index (χ0n) is 78.0. The molecule has 758 valence electrons. The number of carbonyl (C=O) groups excluding carboxylic acids is 15. The third-order valence-corrected chi connectivity index (χ3v) is 23.0. The van der Waals surface area contributed by atoms with Crippen molar-refractivity contribution in [3.8, 4) is 11.5 Å². The maximum atomic E-state index is 14.9. The van der Waals surface area contributed by atoms with Gasteiger partial charge in [0, 0.05) is 49.4 Å². The first-order valence-corrected chi connectivity index (χ1v) is 45.9. The van der Waals surface area contributed by atoms with Crippen LogP contribution in [0.3, 0.4) is 0 Å². The molecule has 38 N–H and O–H groups in total. The summed E-state index contributed by atoms with van der Waals surface area (Å²) >= 11 is 8.95. The number of likely N-dealkylation sites (tertiary alicyclic amines) is 1. The number of amides is 15. The Bertz CT molecular complexity index is 4320. The summed E-state index contributed by atoms with van der Waals surface area (Å²) in [7, 11) is 0. The van der Waals surface area contributed by atoms with Gasteiger partial charge in [0.15, 0.2) is 11.9 Å². The van der Waals surface area contributed by atoms with Crippen LogP contribution in [0.1, 0.15) is 157 Å². The summed E-state index contributed by atoms with van der Waals surface area (Å²) in [4.78, 5) is 237. The standard InChI is InChI=1S/C85H144N26O22S2/c1-11-42(5)62(107-80(130)66(85(9,10)135)110-73(123)57(36-46-19-23-48(114)24-20-46)103-79(129)65(45(8)113)109-77(127)63(43(6)12-2)106-75(125)60-38-50(116)39-111(60)81(131)61(90)41(3)4)76(126)101-53(18-15-35-96-84(93)94)67(117)99-56(29-33-89)72(122)108-64(44(7)112)78(128)102-55(28-32-88)71(121)97-51(16-13-30-86)69(119)105-59(40-134)74(124)100-54(27-31-87)70(120)98-52(17-14-34-95-83(91)92)68(118)104-58(82(132)133)37-47-21-25-49(115)26-22-47/h19-26,41-45,50-66,112-116,134-135H,11-18,27-40,86-90H2,1-10H3,(H,97,121)(H,98,120)(H,99,117)(H,100,124)(H,101,126)(H,102,128)(H,103,129)(H,104,118)(H,105,119)(H,106,125)(H,107,130)(H,108,122)(H,109,127)(H,110,123)(H,132,133)(H4,91,92,95)(H4,93,94,96)/t42-,43-,44+,45+,50+,51-,52-,53-,54-,55+,56-,57-,58-,59-,60-,61-,62-,63-,64-,65-,66+/m0/s1. The summed E-state index contributed by atoms with van der Waals surface area (Å²) < 4.78 is -1.53. The molecule has 1 saturated heterocycles. The van der Waals surface area contributed by atoms with Gasteiger partial charge in [-0.1, -0.05) is 78.6 Å². The highest BCUT2D eigenvalue weighted by atomic mass is 32.1. The Morgan fingerprint density at radius 3 is 1.12 bits per heavy atom. The van der Waals surface area contributed by atoms with Gasteiger partial charge in [-0.15, -0.1) is 0 Å². The molecule has 0 bridgehead atoms. The fourth-order valence-corrected chi connectivity index (χ4v) is 14.4. The minimum absolute atomic E-state index is 0.0151. The second-order valence-corrected chi connectivity index (χ2v) is 35.8. The number of hydrogen-bond acceptors (Lipinski definition) is 30. The Balaban J connectivity index is 1.92. The van der Waals surface area contributed by atoms with Crippen LogP contribution in [-0.4, -0.2) is 313 Å². The molecule has 0 aromatic heterocycles. The van der Waals surface area contributed by atoms with E-state index in [1.807, 2.05) is 0 Å². The van der Waals surface area contributed by atoms with Crippen molar-refractivity contribution < 1.29 is 107 Å². The van der Waals surface area contributed by atoms with E-state index in [1.54, 1.807) is 41.5 Å². The maximum absolute atomic E-state index is 14.9.